The Labute approximate surface area is 174 Å². The Morgan fingerprint density at radius 2 is 2.00 bits per heavy atom. The SMILES string of the molecule is COc1ccc(C2CC(c3cccs3)=NN2C(=O)CN(C)C(=O)C2CCC2)cc1. The molecule has 2 aromatic rings. The zero-order valence-corrected chi connectivity index (χ0v) is 17.5. The number of hydrogen-bond acceptors (Lipinski definition) is 5. The van der Waals surface area contributed by atoms with Crippen LogP contribution in [-0.2, 0) is 9.59 Å². The van der Waals surface area contributed by atoms with Crippen molar-refractivity contribution in [3.8, 4) is 5.75 Å². The predicted molar refractivity (Wildman–Crippen MR) is 113 cm³/mol. The molecule has 1 aliphatic carbocycles. The van der Waals surface area contributed by atoms with Crippen LogP contribution < -0.4 is 4.74 Å². The summed E-state index contributed by atoms with van der Waals surface area (Å²) >= 11 is 1.62. The summed E-state index contributed by atoms with van der Waals surface area (Å²) in [7, 11) is 3.34. The molecule has 7 heteroatoms. The van der Waals surface area contributed by atoms with E-state index < -0.39 is 0 Å². The van der Waals surface area contributed by atoms with Crippen LogP contribution in [0.5, 0.6) is 5.75 Å². The van der Waals surface area contributed by atoms with Crippen LogP contribution in [0.1, 0.15) is 42.2 Å². The summed E-state index contributed by atoms with van der Waals surface area (Å²) in [6.07, 6.45) is 3.60. The number of carbonyl (C=O) groups is 2. The lowest BCUT2D eigenvalue weighted by molar-refractivity contribution is -0.144. The van der Waals surface area contributed by atoms with Gasteiger partial charge in [0.15, 0.2) is 0 Å². The average molecular weight is 412 g/mol. The van der Waals surface area contributed by atoms with Crippen molar-refractivity contribution < 1.29 is 14.3 Å². The lowest BCUT2D eigenvalue weighted by Crippen LogP contribution is -2.42. The highest BCUT2D eigenvalue weighted by molar-refractivity contribution is 7.12. The van der Waals surface area contributed by atoms with Gasteiger partial charge in [-0.05, 0) is 42.0 Å². The Bertz CT molecular complexity index is 904. The van der Waals surface area contributed by atoms with Crippen LogP contribution in [0.3, 0.4) is 0 Å². The van der Waals surface area contributed by atoms with Gasteiger partial charge in [0.1, 0.15) is 12.3 Å². The van der Waals surface area contributed by atoms with Crippen LogP contribution in [0.25, 0.3) is 0 Å². The summed E-state index contributed by atoms with van der Waals surface area (Å²) in [5, 5.41) is 8.23. The van der Waals surface area contributed by atoms with Crippen LogP contribution in [-0.4, -0.2) is 48.1 Å². The first-order valence-electron chi connectivity index (χ1n) is 9.89. The average Bonchev–Trinajstić information content (AvgIpc) is 3.36. The zero-order valence-electron chi connectivity index (χ0n) is 16.7. The van der Waals surface area contributed by atoms with Gasteiger partial charge in [-0.25, -0.2) is 5.01 Å². The molecule has 0 spiro atoms. The van der Waals surface area contributed by atoms with Gasteiger partial charge >= 0.3 is 0 Å². The molecule has 152 valence electrons. The van der Waals surface area contributed by atoms with Gasteiger partial charge in [0.05, 0.1) is 23.7 Å². The maximum absolute atomic E-state index is 13.1. The maximum atomic E-state index is 13.1. The highest BCUT2D eigenvalue weighted by Gasteiger charge is 2.35. The molecule has 1 atom stereocenters. The highest BCUT2D eigenvalue weighted by Crippen LogP contribution is 2.35. The molecule has 0 radical (unpaired) electrons. The van der Waals surface area contributed by atoms with Gasteiger partial charge < -0.3 is 9.64 Å². The largest absolute Gasteiger partial charge is 0.497 e. The van der Waals surface area contributed by atoms with E-state index in [1.165, 1.54) is 0 Å². The number of benzene rings is 1. The van der Waals surface area contributed by atoms with Crippen LogP contribution in [0.2, 0.25) is 0 Å². The number of nitrogens with zero attached hydrogens (tertiary/aromatic N) is 3. The van der Waals surface area contributed by atoms with E-state index in [0.717, 1.165) is 41.2 Å². The standard InChI is InChI=1S/C22H25N3O3S/c1-24(22(27)16-5-3-6-16)14-21(26)25-19(15-8-10-17(28-2)11-9-15)13-18(23-25)20-7-4-12-29-20/h4,7-12,16,19H,3,5-6,13-14H2,1-2H3. The molecule has 6 nitrogen and oxygen atoms in total. The molecule has 1 saturated carbocycles. The molecule has 0 bridgehead atoms. The third kappa shape index (κ3) is 4.05. The van der Waals surface area contributed by atoms with Gasteiger partial charge in [-0.15, -0.1) is 11.3 Å². The first kappa shape index (κ1) is 19.6. The first-order chi connectivity index (χ1) is 14.1. The zero-order chi connectivity index (χ0) is 20.4. The van der Waals surface area contributed by atoms with Gasteiger partial charge in [0, 0.05) is 19.4 Å². The van der Waals surface area contributed by atoms with E-state index in [4.69, 9.17) is 4.74 Å². The predicted octanol–water partition coefficient (Wildman–Crippen LogP) is 3.69. The van der Waals surface area contributed by atoms with Gasteiger partial charge in [-0.1, -0.05) is 24.6 Å². The Hall–Kier alpha value is -2.67. The lowest BCUT2D eigenvalue weighted by Gasteiger charge is -2.30. The van der Waals surface area contributed by atoms with Crippen LogP contribution in [0, 0.1) is 5.92 Å². The minimum Gasteiger partial charge on any atom is -0.497 e. The smallest absolute Gasteiger partial charge is 0.262 e. The first-order valence-corrected chi connectivity index (χ1v) is 10.8. The third-order valence-corrected chi connectivity index (χ3v) is 6.59. The van der Waals surface area contributed by atoms with E-state index in [9.17, 15) is 9.59 Å². The monoisotopic (exact) mass is 411 g/mol. The van der Waals surface area contributed by atoms with E-state index >= 15 is 0 Å². The highest BCUT2D eigenvalue weighted by atomic mass is 32.1. The molecule has 1 aromatic heterocycles. The van der Waals surface area contributed by atoms with Crippen molar-refractivity contribution in [3.63, 3.8) is 0 Å². The van der Waals surface area contributed by atoms with Crippen molar-refractivity contribution in [1.29, 1.82) is 0 Å². The fourth-order valence-electron chi connectivity index (χ4n) is 3.74. The van der Waals surface area contributed by atoms with Crippen molar-refractivity contribution in [3.05, 3.63) is 52.2 Å². The molecule has 1 unspecified atom stereocenters. The molecule has 2 heterocycles. The summed E-state index contributed by atoms with van der Waals surface area (Å²) in [4.78, 5) is 28.2. The Balaban J connectivity index is 1.55. The second-order valence-electron chi connectivity index (χ2n) is 7.58. The summed E-state index contributed by atoms with van der Waals surface area (Å²) in [6.45, 7) is 0.0448. The molecule has 0 N–H and O–H groups in total. The topological polar surface area (TPSA) is 62.2 Å². The molecular weight excluding hydrogens is 386 g/mol. The Kier molecular flexibility index (Phi) is 5.67. The number of thiophene rings is 1. The van der Waals surface area contributed by atoms with Gasteiger partial charge in [-0.2, -0.15) is 5.10 Å². The Morgan fingerprint density at radius 1 is 1.24 bits per heavy atom. The minimum atomic E-state index is -0.183. The molecule has 29 heavy (non-hydrogen) atoms. The molecule has 2 aliphatic rings. The van der Waals surface area contributed by atoms with Crippen LogP contribution in [0.4, 0.5) is 0 Å². The number of carbonyl (C=O) groups excluding carboxylic acids is 2. The summed E-state index contributed by atoms with van der Waals surface area (Å²) < 4.78 is 5.25. The molecule has 0 saturated heterocycles. The van der Waals surface area contributed by atoms with E-state index in [1.54, 1.807) is 35.4 Å². The maximum Gasteiger partial charge on any atom is 0.262 e. The summed E-state index contributed by atoms with van der Waals surface area (Å²) in [5.74, 6) is 0.753. The normalized spacial score (nSPS) is 18.9. The van der Waals surface area contributed by atoms with Gasteiger partial charge in [0.2, 0.25) is 5.91 Å². The molecule has 1 aliphatic heterocycles. The van der Waals surface area contributed by atoms with E-state index in [1.807, 2.05) is 41.8 Å². The van der Waals surface area contributed by atoms with Crippen molar-refractivity contribution in [2.45, 2.75) is 31.7 Å². The molecule has 4 rings (SSSR count). The molecule has 2 amide bonds. The molecule has 1 aromatic carbocycles. The van der Waals surface area contributed by atoms with E-state index in [0.29, 0.717) is 6.42 Å². The number of hydrogen-bond donors (Lipinski definition) is 0. The summed E-state index contributed by atoms with van der Waals surface area (Å²) in [6, 6.07) is 11.6. The quantitative estimate of drug-likeness (QED) is 0.728. The number of methoxy groups -OCH3 is 1. The number of amides is 2. The van der Waals surface area contributed by atoms with Gasteiger partial charge in [0.25, 0.3) is 5.91 Å². The van der Waals surface area contributed by atoms with Crippen molar-refractivity contribution in [1.82, 2.24) is 9.91 Å². The second kappa shape index (κ2) is 8.37. The van der Waals surface area contributed by atoms with Gasteiger partial charge in [-0.3, -0.25) is 9.59 Å². The number of hydrazone groups is 1. The lowest BCUT2D eigenvalue weighted by atomic mass is 9.84. The second-order valence-corrected chi connectivity index (χ2v) is 8.53. The summed E-state index contributed by atoms with van der Waals surface area (Å²) in [5.41, 5.74) is 1.91. The number of likely N-dealkylation sites (N-methyl/N-ethyl adjacent to an activating group) is 1. The van der Waals surface area contributed by atoms with Crippen LogP contribution in [0.15, 0.2) is 46.9 Å². The van der Waals surface area contributed by atoms with Crippen LogP contribution >= 0.6 is 11.3 Å². The fraction of sp³-hybridized carbons (Fsp3) is 0.409. The van der Waals surface area contributed by atoms with Crippen molar-refractivity contribution in [2.24, 2.45) is 11.0 Å². The number of ether oxygens (including phenoxy) is 1. The third-order valence-electron chi connectivity index (χ3n) is 5.68. The Morgan fingerprint density at radius 3 is 2.59 bits per heavy atom. The van der Waals surface area contributed by atoms with Crippen molar-refractivity contribution >= 4 is 28.9 Å². The van der Waals surface area contributed by atoms with E-state index in [2.05, 4.69) is 5.10 Å². The van der Waals surface area contributed by atoms with E-state index in [-0.39, 0.29) is 30.3 Å². The number of rotatable bonds is 6. The van der Waals surface area contributed by atoms with Crippen molar-refractivity contribution in [2.75, 3.05) is 20.7 Å². The minimum absolute atomic E-state index is 0.0448. The fourth-order valence-corrected chi connectivity index (χ4v) is 4.46. The molecular formula is C22H25N3O3S. The molecule has 1 fully saturated rings.